The lowest BCUT2D eigenvalue weighted by Gasteiger charge is -2.41. The number of carbonyl (C=O) groups is 3. The Hall–Kier alpha value is -4.03. The number of urea groups is 2. The Morgan fingerprint density at radius 3 is 2.61 bits per heavy atom. The highest BCUT2D eigenvalue weighted by Gasteiger charge is 2.48. The van der Waals surface area contributed by atoms with Gasteiger partial charge in [0.15, 0.2) is 5.78 Å². The number of rotatable bonds is 5. The van der Waals surface area contributed by atoms with Crippen LogP contribution in [0.15, 0.2) is 59.8 Å². The lowest BCUT2D eigenvalue weighted by atomic mass is 9.92. The van der Waals surface area contributed by atoms with Gasteiger partial charge >= 0.3 is 12.1 Å². The highest BCUT2D eigenvalue weighted by atomic mass is 19.1. The van der Waals surface area contributed by atoms with E-state index in [1.165, 1.54) is 11.0 Å². The summed E-state index contributed by atoms with van der Waals surface area (Å²) < 4.78 is 13.3. The Labute approximate surface area is 189 Å². The van der Waals surface area contributed by atoms with Crippen LogP contribution >= 0.6 is 0 Å². The minimum atomic E-state index is -0.991. The molecule has 2 aliphatic rings. The number of Topliss-reactive ketones (excluding diaryl/α,β-unsaturated/α-hetero) is 1. The van der Waals surface area contributed by atoms with Crippen molar-refractivity contribution < 1.29 is 23.9 Å². The largest absolute Gasteiger partial charge is 0.395 e. The summed E-state index contributed by atoms with van der Waals surface area (Å²) in [6.07, 6.45) is 0.481. The Balaban J connectivity index is 1.90. The van der Waals surface area contributed by atoms with Gasteiger partial charge < -0.3 is 10.4 Å². The molecule has 0 saturated heterocycles. The van der Waals surface area contributed by atoms with Gasteiger partial charge in [-0.15, -0.1) is 0 Å². The number of aliphatic hydroxyl groups excluding tert-OH is 1. The molecule has 0 spiro atoms. The molecule has 1 aliphatic heterocycles. The van der Waals surface area contributed by atoms with Crippen molar-refractivity contribution in [1.82, 2.24) is 10.2 Å². The number of halogens is 1. The van der Waals surface area contributed by atoms with Crippen molar-refractivity contribution >= 4 is 23.5 Å². The van der Waals surface area contributed by atoms with Crippen LogP contribution < -0.4 is 10.2 Å². The summed E-state index contributed by atoms with van der Waals surface area (Å²) in [5, 5.41) is 20.7. The van der Waals surface area contributed by atoms with E-state index in [2.05, 4.69) is 5.32 Å². The van der Waals surface area contributed by atoms with Gasteiger partial charge in [0.2, 0.25) is 0 Å². The molecule has 2 N–H and O–H groups in total. The number of imide groups is 1. The topological polar surface area (TPSA) is 114 Å². The van der Waals surface area contributed by atoms with Crippen LogP contribution in [0.25, 0.3) is 0 Å². The number of aliphatic hydroxyl groups is 1. The Morgan fingerprint density at radius 1 is 1.18 bits per heavy atom. The van der Waals surface area contributed by atoms with Crippen molar-refractivity contribution in [2.75, 3.05) is 18.1 Å². The molecule has 0 saturated carbocycles. The highest BCUT2D eigenvalue weighted by Crippen LogP contribution is 2.45. The molecule has 0 fully saturated rings. The zero-order valence-corrected chi connectivity index (χ0v) is 17.6. The fourth-order valence-electron chi connectivity index (χ4n) is 4.22. The maximum Gasteiger partial charge on any atom is 0.337 e. The molecule has 1 heterocycles. The first kappa shape index (κ1) is 22.2. The third-order valence-electron chi connectivity index (χ3n) is 5.68. The number of hydrogen-bond donors (Lipinski definition) is 2. The summed E-state index contributed by atoms with van der Waals surface area (Å²) in [7, 11) is 0. The van der Waals surface area contributed by atoms with Crippen LogP contribution in [0.1, 0.15) is 35.6 Å². The molecule has 4 rings (SSSR count). The van der Waals surface area contributed by atoms with Crippen LogP contribution in [0.3, 0.4) is 0 Å². The average Bonchev–Trinajstić information content (AvgIpc) is 3.22. The third kappa shape index (κ3) is 3.97. The van der Waals surface area contributed by atoms with Crippen molar-refractivity contribution in [3.63, 3.8) is 0 Å². The second-order valence-electron chi connectivity index (χ2n) is 7.67. The second-order valence-corrected chi connectivity index (χ2v) is 7.67. The number of alkyl halides is 1. The molecule has 9 heteroatoms. The summed E-state index contributed by atoms with van der Waals surface area (Å²) in [6, 6.07) is 12.2. The minimum absolute atomic E-state index is 0.0834. The smallest absolute Gasteiger partial charge is 0.337 e. The van der Waals surface area contributed by atoms with Crippen LogP contribution in [-0.4, -0.2) is 41.0 Å². The number of anilines is 1. The van der Waals surface area contributed by atoms with Crippen molar-refractivity contribution in [3.05, 3.63) is 76.5 Å². The monoisotopic (exact) mass is 448 g/mol. The van der Waals surface area contributed by atoms with E-state index in [1.807, 2.05) is 6.07 Å². The molecule has 8 nitrogen and oxygen atoms in total. The van der Waals surface area contributed by atoms with Crippen molar-refractivity contribution in [1.29, 1.82) is 5.26 Å². The Kier molecular flexibility index (Phi) is 6.20. The van der Waals surface area contributed by atoms with Gasteiger partial charge in [0.1, 0.15) is 6.67 Å². The number of nitrogens with one attached hydrogen (secondary N) is 1. The molecule has 2 aromatic carbocycles. The van der Waals surface area contributed by atoms with Gasteiger partial charge in [0.05, 0.1) is 30.0 Å². The molecule has 1 atom stereocenters. The number of hydrogen-bond acceptors (Lipinski definition) is 5. The zero-order valence-electron chi connectivity index (χ0n) is 17.6. The van der Waals surface area contributed by atoms with Crippen molar-refractivity contribution in [3.8, 4) is 6.07 Å². The SMILES string of the molecule is N#Cc1ccc([C@H]2C3=C(CCC3=O)N(c3cccc(CF)c3)C(=O)N2C(=O)NCCO)cc1. The average molecular weight is 448 g/mol. The molecule has 0 bridgehead atoms. The first-order valence-electron chi connectivity index (χ1n) is 10.4. The summed E-state index contributed by atoms with van der Waals surface area (Å²) in [4.78, 5) is 42.0. The predicted octanol–water partition coefficient (Wildman–Crippen LogP) is 3.33. The van der Waals surface area contributed by atoms with E-state index in [-0.39, 0.29) is 25.4 Å². The Bertz CT molecular complexity index is 1190. The van der Waals surface area contributed by atoms with Gasteiger partial charge in [-0.05, 0) is 41.8 Å². The van der Waals surface area contributed by atoms with Gasteiger partial charge in [-0.25, -0.2) is 18.9 Å². The van der Waals surface area contributed by atoms with Crippen LogP contribution in [0.2, 0.25) is 0 Å². The maximum absolute atomic E-state index is 13.7. The molecule has 0 aromatic heterocycles. The van der Waals surface area contributed by atoms with Crippen molar-refractivity contribution in [2.45, 2.75) is 25.6 Å². The van der Waals surface area contributed by atoms with E-state index in [4.69, 9.17) is 10.4 Å². The molecule has 0 radical (unpaired) electrons. The van der Waals surface area contributed by atoms with Gasteiger partial charge in [0, 0.05) is 24.2 Å². The number of carbonyl (C=O) groups excluding carboxylic acids is 3. The summed E-state index contributed by atoms with van der Waals surface area (Å²) in [6.45, 7) is -1.14. The fourth-order valence-corrected chi connectivity index (χ4v) is 4.22. The third-order valence-corrected chi connectivity index (χ3v) is 5.68. The maximum atomic E-state index is 13.7. The minimum Gasteiger partial charge on any atom is -0.395 e. The first-order chi connectivity index (χ1) is 16.0. The summed E-state index contributed by atoms with van der Waals surface area (Å²) >= 11 is 0. The Morgan fingerprint density at radius 2 is 1.94 bits per heavy atom. The molecule has 2 aromatic rings. The summed E-state index contributed by atoms with van der Waals surface area (Å²) in [5.41, 5.74) is 2.40. The number of amides is 4. The molecule has 168 valence electrons. The number of nitriles is 1. The van der Waals surface area contributed by atoms with E-state index in [0.29, 0.717) is 40.1 Å². The van der Waals surface area contributed by atoms with E-state index in [0.717, 1.165) is 4.90 Å². The number of allylic oxidation sites excluding steroid dienone is 1. The molecule has 0 unspecified atom stereocenters. The number of benzene rings is 2. The molecule has 4 amide bonds. The fraction of sp³-hybridized carbons (Fsp3) is 0.250. The van der Waals surface area contributed by atoms with Gasteiger partial charge in [-0.3, -0.25) is 9.69 Å². The molecular weight excluding hydrogens is 427 g/mol. The van der Waals surface area contributed by atoms with Crippen LogP contribution in [0, 0.1) is 11.3 Å². The van der Waals surface area contributed by atoms with E-state index < -0.39 is 24.8 Å². The van der Waals surface area contributed by atoms with Crippen LogP contribution in [0.4, 0.5) is 19.7 Å². The second kappa shape index (κ2) is 9.22. The molecular formula is C24H21FN4O4. The van der Waals surface area contributed by atoms with Crippen LogP contribution in [0.5, 0.6) is 0 Å². The van der Waals surface area contributed by atoms with Crippen molar-refractivity contribution in [2.24, 2.45) is 0 Å². The standard InChI is InChI=1S/C24H21FN4O4/c25-13-16-2-1-3-18(12-16)28-19-8-9-20(31)21(19)22(17-6-4-15(14-26)5-7-17)29(24(28)33)23(32)27-10-11-30/h1-7,12,22,30H,8-11,13H2,(H,27,32)/t22-/m0/s1. The quantitative estimate of drug-likeness (QED) is 0.728. The lowest BCUT2D eigenvalue weighted by molar-refractivity contribution is -0.115. The predicted molar refractivity (Wildman–Crippen MR) is 117 cm³/mol. The number of ketones is 1. The van der Waals surface area contributed by atoms with Gasteiger partial charge in [-0.1, -0.05) is 24.3 Å². The van der Waals surface area contributed by atoms with Crippen LogP contribution in [-0.2, 0) is 11.5 Å². The van der Waals surface area contributed by atoms with E-state index >= 15 is 0 Å². The van der Waals surface area contributed by atoms with E-state index in [9.17, 15) is 18.8 Å². The molecule has 1 aliphatic carbocycles. The summed E-state index contributed by atoms with van der Waals surface area (Å²) in [5.74, 6) is -0.196. The van der Waals surface area contributed by atoms with Gasteiger partial charge in [0.25, 0.3) is 0 Å². The first-order valence-corrected chi connectivity index (χ1v) is 10.4. The number of nitrogens with zero attached hydrogens (tertiary/aromatic N) is 3. The van der Waals surface area contributed by atoms with E-state index in [1.54, 1.807) is 42.5 Å². The zero-order chi connectivity index (χ0) is 23.5. The van der Waals surface area contributed by atoms with Gasteiger partial charge in [-0.2, -0.15) is 5.26 Å². The lowest BCUT2D eigenvalue weighted by Crippen LogP contribution is -2.55. The highest BCUT2D eigenvalue weighted by molar-refractivity contribution is 6.12. The molecule has 33 heavy (non-hydrogen) atoms. The normalized spacial score (nSPS) is 17.8.